The second kappa shape index (κ2) is 11.2. The Kier molecular flexibility index (Phi) is 8.45. The minimum absolute atomic E-state index is 0.0697. The van der Waals surface area contributed by atoms with Gasteiger partial charge in [-0.25, -0.2) is 4.79 Å². The Balaban J connectivity index is 1.73. The van der Waals surface area contributed by atoms with E-state index in [-0.39, 0.29) is 23.1 Å². The highest BCUT2D eigenvalue weighted by Gasteiger charge is 2.29. The van der Waals surface area contributed by atoms with E-state index in [1.165, 1.54) is 17.8 Å². The van der Waals surface area contributed by atoms with Gasteiger partial charge in [0.1, 0.15) is 5.60 Å². The fourth-order valence-electron chi connectivity index (χ4n) is 3.84. The van der Waals surface area contributed by atoms with Crippen LogP contribution in [0.3, 0.4) is 0 Å². The Morgan fingerprint density at radius 2 is 1.64 bits per heavy atom. The van der Waals surface area contributed by atoms with Gasteiger partial charge in [-0.2, -0.15) is 0 Å². The highest BCUT2D eigenvalue weighted by molar-refractivity contribution is 7.99. The van der Waals surface area contributed by atoms with Crippen molar-refractivity contribution < 1.29 is 19.2 Å². The number of nitro groups is 1. The molecule has 0 radical (unpaired) electrons. The van der Waals surface area contributed by atoms with E-state index in [4.69, 9.17) is 4.74 Å². The van der Waals surface area contributed by atoms with Gasteiger partial charge in [0, 0.05) is 42.7 Å². The summed E-state index contributed by atoms with van der Waals surface area (Å²) in [5, 5.41) is 11.9. The number of piperazine rings is 1. The Labute approximate surface area is 216 Å². The number of nitrogens with zero attached hydrogens (tertiary/aromatic N) is 3. The zero-order valence-corrected chi connectivity index (χ0v) is 22.3. The van der Waals surface area contributed by atoms with E-state index in [0.717, 1.165) is 10.5 Å². The minimum atomic E-state index is -0.589. The van der Waals surface area contributed by atoms with E-state index in [2.05, 4.69) is 20.4 Å². The van der Waals surface area contributed by atoms with E-state index < -0.39 is 16.6 Å². The third kappa shape index (κ3) is 6.66. The predicted octanol–water partition coefficient (Wildman–Crippen LogP) is 5.96. The van der Waals surface area contributed by atoms with Gasteiger partial charge in [0.05, 0.1) is 9.82 Å². The van der Waals surface area contributed by atoms with Gasteiger partial charge in [0.15, 0.2) is 0 Å². The molecule has 0 aromatic heterocycles. The molecule has 3 rings (SSSR count). The van der Waals surface area contributed by atoms with Crippen LogP contribution in [0.4, 0.5) is 10.5 Å². The SMILES string of the molecule is C=C(C(=O)N1CCN(C(=O)OC(C)(C)C)CC1)c1ccc(Sc2ccccc2C(C)C)c([N+](=O)[O-])c1. The number of amides is 2. The van der Waals surface area contributed by atoms with Crippen molar-refractivity contribution >= 4 is 35.0 Å². The van der Waals surface area contributed by atoms with Crippen molar-refractivity contribution in [1.29, 1.82) is 0 Å². The second-order valence-corrected chi connectivity index (χ2v) is 11.1. The normalized spacial score (nSPS) is 14.1. The standard InChI is InChI=1S/C27H33N3O5S/c1-18(2)21-9-7-8-10-23(21)36-24-12-11-20(17-22(24)30(33)34)19(3)25(31)28-13-15-29(16-14-28)26(32)35-27(4,5)6/h7-12,17-18H,3,13-16H2,1-2,4-6H3. The zero-order chi connectivity index (χ0) is 26.6. The molecule has 9 heteroatoms. The van der Waals surface area contributed by atoms with E-state index in [1.807, 2.05) is 24.3 Å². The van der Waals surface area contributed by atoms with Gasteiger partial charge in [-0.3, -0.25) is 14.9 Å². The summed E-state index contributed by atoms with van der Waals surface area (Å²) in [5.41, 5.74) is 1.05. The Hall–Kier alpha value is -3.33. The number of nitro benzene ring substituents is 1. The number of hydrogen-bond donors (Lipinski definition) is 0. The molecule has 1 aliphatic rings. The molecule has 36 heavy (non-hydrogen) atoms. The first-order valence-electron chi connectivity index (χ1n) is 11.9. The van der Waals surface area contributed by atoms with Crippen molar-refractivity contribution in [2.24, 2.45) is 0 Å². The lowest BCUT2D eigenvalue weighted by atomic mass is 10.0. The van der Waals surface area contributed by atoms with Gasteiger partial charge < -0.3 is 14.5 Å². The first kappa shape index (κ1) is 27.3. The van der Waals surface area contributed by atoms with Crippen molar-refractivity contribution in [3.05, 3.63) is 70.3 Å². The molecule has 0 spiro atoms. The zero-order valence-electron chi connectivity index (χ0n) is 21.4. The van der Waals surface area contributed by atoms with E-state index in [9.17, 15) is 19.7 Å². The molecule has 1 fully saturated rings. The van der Waals surface area contributed by atoms with Crippen LogP contribution in [0.2, 0.25) is 0 Å². The minimum Gasteiger partial charge on any atom is -0.444 e. The Morgan fingerprint density at radius 3 is 2.22 bits per heavy atom. The average molecular weight is 512 g/mol. The average Bonchev–Trinajstić information content (AvgIpc) is 2.82. The molecule has 192 valence electrons. The van der Waals surface area contributed by atoms with E-state index in [0.29, 0.717) is 36.6 Å². The molecule has 2 aromatic carbocycles. The number of carbonyl (C=O) groups excluding carboxylic acids is 2. The molecule has 0 saturated carbocycles. The first-order valence-corrected chi connectivity index (χ1v) is 12.7. The van der Waals surface area contributed by atoms with Crippen LogP contribution in [0.25, 0.3) is 5.57 Å². The van der Waals surface area contributed by atoms with Gasteiger partial charge in [0.2, 0.25) is 0 Å². The lowest BCUT2D eigenvalue weighted by molar-refractivity contribution is -0.387. The first-order chi connectivity index (χ1) is 16.9. The molecule has 0 N–H and O–H groups in total. The summed E-state index contributed by atoms with van der Waals surface area (Å²) in [6, 6.07) is 12.6. The molecule has 1 heterocycles. The Bertz CT molecular complexity index is 1160. The van der Waals surface area contributed by atoms with Gasteiger partial charge >= 0.3 is 6.09 Å². The molecule has 0 bridgehead atoms. The maximum absolute atomic E-state index is 13.1. The molecule has 2 aromatic rings. The summed E-state index contributed by atoms with van der Waals surface area (Å²) in [7, 11) is 0. The molecule has 2 amide bonds. The largest absolute Gasteiger partial charge is 0.444 e. The van der Waals surface area contributed by atoms with E-state index >= 15 is 0 Å². The number of benzene rings is 2. The van der Waals surface area contributed by atoms with Crippen molar-refractivity contribution in [2.75, 3.05) is 26.2 Å². The van der Waals surface area contributed by atoms with Crippen LogP contribution >= 0.6 is 11.8 Å². The van der Waals surface area contributed by atoms with Crippen molar-refractivity contribution in [3.63, 3.8) is 0 Å². The molecule has 8 nitrogen and oxygen atoms in total. The van der Waals surface area contributed by atoms with Crippen molar-refractivity contribution in [3.8, 4) is 0 Å². The lowest BCUT2D eigenvalue weighted by Crippen LogP contribution is -2.51. The second-order valence-electron chi connectivity index (χ2n) is 9.97. The summed E-state index contributed by atoms with van der Waals surface area (Å²) in [6.07, 6.45) is -0.406. The fraction of sp³-hybridized carbons (Fsp3) is 0.407. The maximum atomic E-state index is 13.1. The quantitative estimate of drug-likeness (QED) is 0.270. The summed E-state index contributed by atoms with van der Waals surface area (Å²) < 4.78 is 5.40. The summed E-state index contributed by atoms with van der Waals surface area (Å²) in [4.78, 5) is 41.5. The topological polar surface area (TPSA) is 93.0 Å². The highest BCUT2D eigenvalue weighted by atomic mass is 32.2. The van der Waals surface area contributed by atoms with Crippen LogP contribution in [-0.4, -0.2) is 58.5 Å². The van der Waals surface area contributed by atoms with Crippen LogP contribution in [0.5, 0.6) is 0 Å². The predicted molar refractivity (Wildman–Crippen MR) is 141 cm³/mol. The lowest BCUT2D eigenvalue weighted by Gasteiger charge is -2.35. The number of rotatable bonds is 6. The van der Waals surface area contributed by atoms with E-state index in [1.54, 1.807) is 42.7 Å². The number of ether oxygens (including phenoxy) is 1. The molecule has 0 aliphatic carbocycles. The molecular formula is C27H33N3O5S. The van der Waals surface area contributed by atoms with Gasteiger partial charge in [0.25, 0.3) is 11.6 Å². The molecular weight excluding hydrogens is 478 g/mol. The summed E-state index contributed by atoms with van der Waals surface area (Å²) >= 11 is 1.35. The van der Waals surface area contributed by atoms with Gasteiger partial charge in [-0.15, -0.1) is 0 Å². The van der Waals surface area contributed by atoms with Crippen LogP contribution in [-0.2, 0) is 9.53 Å². The monoisotopic (exact) mass is 511 g/mol. The molecule has 0 atom stereocenters. The molecule has 1 saturated heterocycles. The van der Waals surface area contributed by atoms with Crippen LogP contribution in [0.1, 0.15) is 51.7 Å². The third-order valence-corrected chi connectivity index (χ3v) is 6.90. The fourth-order valence-corrected chi connectivity index (χ4v) is 5.02. The Morgan fingerprint density at radius 1 is 1.03 bits per heavy atom. The van der Waals surface area contributed by atoms with Crippen molar-refractivity contribution in [2.45, 2.75) is 55.9 Å². The molecule has 1 aliphatic heterocycles. The van der Waals surface area contributed by atoms with Gasteiger partial charge in [-0.1, -0.05) is 56.5 Å². The van der Waals surface area contributed by atoms with Gasteiger partial charge in [-0.05, 0) is 49.9 Å². The molecule has 0 unspecified atom stereocenters. The van der Waals surface area contributed by atoms with Crippen LogP contribution in [0, 0.1) is 10.1 Å². The summed E-state index contributed by atoms with van der Waals surface area (Å²) in [6.45, 7) is 14.9. The summed E-state index contributed by atoms with van der Waals surface area (Å²) in [5.74, 6) is -0.0288. The number of carbonyl (C=O) groups is 2. The van der Waals surface area contributed by atoms with Crippen LogP contribution in [0.15, 0.2) is 58.8 Å². The third-order valence-electron chi connectivity index (χ3n) is 5.74. The van der Waals surface area contributed by atoms with Crippen molar-refractivity contribution in [1.82, 2.24) is 9.80 Å². The smallest absolute Gasteiger partial charge is 0.410 e. The maximum Gasteiger partial charge on any atom is 0.410 e. The highest BCUT2D eigenvalue weighted by Crippen LogP contribution is 2.39. The number of hydrogen-bond acceptors (Lipinski definition) is 6. The van der Waals surface area contributed by atoms with Crippen LogP contribution < -0.4 is 0 Å².